The van der Waals surface area contributed by atoms with Gasteiger partial charge in [0.25, 0.3) is 0 Å². The highest BCUT2D eigenvalue weighted by atomic mass is 16.5. The Balaban J connectivity index is 2.09. The molecule has 0 bridgehead atoms. The average molecular weight is 235 g/mol. The maximum Gasteiger partial charge on any atom is 0.310 e. The minimum absolute atomic E-state index is 0.0379. The third-order valence-electron chi connectivity index (χ3n) is 3.07. The van der Waals surface area contributed by atoms with Gasteiger partial charge < -0.3 is 9.64 Å². The number of nitrogens with zero attached hydrogens (tertiary/aromatic N) is 3. The van der Waals surface area contributed by atoms with Crippen molar-refractivity contribution in [2.45, 2.75) is 19.8 Å². The van der Waals surface area contributed by atoms with E-state index in [1.165, 1.54) is 7.11 Å². The van der Waals surface area contributed by atoms with Crippen LogP contribution < -0.4 is 4.90 Å². The van der Waals surface area contributed by atoms with Gasteiger partial charge in [-0.25, -0.2) is 9.97 Å². The van der Waals surface area contributed by atoms with Crippen LogP contribution in [-0.4, -0.2) is 36.1 Å². The number of carbonyl (C=O) groups excluding carboxylic acids is 1. The van der Waals surface area contributed by atoms with Gasteiger partial charge in [0.05, 0.1) is 13.0 Å². The van der Waals surface area contributed by atoms with Crippen LogP contribution in [0.2, 0.25) is 0 Å². The van der Waals surface area contributed by atoms with Gasteiger partial charge in [-0.2, -0.15) is 0 Å². The van der Waals surface area contributed by atoms with Gasteiger partial charge in [0, 0.05) is 24.8 Å². The summed E-state index contributed by atoms with van der Waals surface area (Å²) >= 11 is 0. The summed E-state index contributed by atoms with van der Waals surface area (Å²) in [7, 11) is 1.44. The number of aromatic nitrogens is 2. The fourth-order valence-corrected chi connectivity index (χ4v) is 2.16. The number of carbonyl (C=O) groups is 1. The zero-order valence-electron chi connectivity index (χ0n) is 10.2. The zero-order valence-corrected chi connectivity index (χ0v) is 10.2. The number of anilines is 1. The monoisotopic (exact) mass is 235 g/mol. The quantitative estimate of drug-likeness (QED) is 0.720. The molecule has 0 radical (unpaired) electrons. The van der Waals surface area contributed by atoms with Gasteiger partial charge in [0.15, 0.2) is 0 Å². The Morgan fingerprint density at radius 3 is 3.06 bits per heavy atom. The molecule has 17 heavy (non-hydrogen) atoms. The SMILES string of the molecule is COC(=O)[C@H]1CCCN(c2cc(C)ncn2)C1. The fourth-order valence-electron chi connectivity index (χ4n) is 2.16. The molecule has 5 heteroatoms. The number of methoxy groups -OCH3 is 1. The number of esters is 1. The zero-order chi connectivity index (χ0) is 12.3. The lowest BCUT2D eigenvalue weighted by atomic mass is 9.98. The predicted molar refractivity (Wildman–Crippen MR) is 63.7 cm³/mol. The van der Waals surface area contributed by atoms with E-state index < -0.39 is 0 Å². The van der Waals surface area contributed by atoms with Crippen molar-refractivity contribution in [1.82, 2.24) is 9.97 Å². The highest BCUT2D eigenvalue weighted by Gasteiger charge is 2.27. The Morgan fingerprint density at radius 2 is 2.35 bits per heavy atom. The smallest absolute Gasteiger partial charge is 0.310 e. The number of ether oxygens (including phenoxy) is 1. The van der Waals surface area contributed by atoms with Gasteiger partial charge in [-0.3, -0.25) is 4.79 Å². The van der Waals surface area contributed by atoms with Crippen molar-refractivity contribution in [3.63, 3.8) is 0 Å². The molecule has 0 N–H and O–H groups in total. The van der Waals surface area contributed by atoms with E-state index in [4.69, 9.17) is 4.74 Å². The summed E-state index contributed by atoms with van der Waals surface area (Å²) in [5.74, 6) is 0.732. The van der Waals surface area contributed by atoms with Gasteiger partial charge in [-0.1, -0.05) is 0 Å². The molecule has 1 aliphatic rings. The van der Waals surface area contributed by atoms with Crippen molar-refractivity contribution in [1.29, 1.82) is 0 Å². The fraction of sp³-hybridized carbons (Fsp3) is 0.583. The van der Waals surface area contributed by atoms with Crippen LogP contribution in [-0.2, 0) is 9.53 Å². The number of rotatable bonds is 2. The Kier molecular flexibility index (Phi) is 3.56. The van der Waals surface area contributed by atoms with Crippen LogP contribution in [0.3, 0.4) is 0 Å². The van der Waals surface area contributed by atoms with E-state index in [0.717, 1.165) is 30.9 Å². The molecule has 92 valence electrons. The minimum Gasteiger partial charge on any atom is -0.469 e. The van der Waals surface area contributed by atoms with E-state index in [1.807, 2.05) is 13.0 Å². The Bertz CT molecular complexity index is 408. The summed E-state index contributed by atoms with van der Waals surface area (Å²) in [5, 5.41) is 0. The van der Waals surface area contributed by atoms with Gasteiger partial charge in [0.2, 0.25) is 0 Å². The summed E-state index contributed by atoms with van der Waals surface area (Å²) in [5.41, 5.74) is 0.940. The largest absolute Gasteiger partial charge is 0.469 e. The van der Waals surface area contributed by atoms with Crippen LogP contribution in [0.1, 0.15) is 18.5 Å². The Labute approximate surface area is 101 Å². The molecule has 0 unspecified atom stereocenters. The highest BCUT2D eigenvalue weighted by molar-refractivity contribution is 5.73. The maximum absolute atomic E-state index is 11.5. The van der Waals surface area contributed by atoms with Crippen molar-refractivity contribution >= 4 is 11.8 Å². The molecule has 0 amide bonds. The lowest BCUT2D eigenvalue weighted by Crippen LogP contribution is -2.39. The molecule has 5 nitrogen and oxygen atoms in total. The van der Waals surface area contributed by atoms with E-state index in [0.29, 0.717) is 6.54 Å². The van der Waals surface area contributed by atoms with E-state index in [1.54, 1.807) is 6.33 Å². The normalized spacial score (nSPS) is 20.1. The number of hydrogen-bond donors (Lipinski definition) is 0. The molecule has 1 aromatic heterocycles. The van der Waals surface area contributed by atoms with Gasteiger partial charge in [-0.15, -0.1) is 0 Å². The molecule has 1 aromatic rings. The molecule has 1 fully saturated rings. The Hall–Kier alpha value is -1.65. The molecule has 1 saturated heterocycles. The highest BCUT2D eigenvalue weighted by Crippen LogP contribution is 2.22. The number of hydrogen-bond acceptors (Lipinski definition) is 5. The average Bonchev–Trinajstić information content (AvgIpc) is 2.38. The first-order valence-corrected chi connectivity index (χ1v) is 5.82. The second kappa shape index (κ2) is 5.12. The van der Waals surface area contributed by atoms with Crippen LogP contribution in [0.4, 0.5) is 5.82 Å². The summed E-state index contributed by atoms with van der Waals surface area (Å²) in [6, 6.07) is 1.94. The molecule has 1 atom stereocenters. The van der Waals surface area contributed by atoms with E-state index in [9.17, 15) is 4.79 Å². The standard InChI is InChI=1S/C12H17N3O2/c1-9-6-11(14-8-13-9)15-5-3-4-10(7-15)12(16)17-2/h6,8,10H,3-5,7H2,1-2H3/t10-/m0/s1. The van der Waals surface area contributed by atoms with Gasteiger partial charge in [0.1, 0.15) is 12.1 Å². The van der Waals surface area contributed by atoms with Crippen molar-refractivity contribution in [2.24, 2.45) is 5.92 Å². The lowest BCUT2D eigenvalue weighted by molar-refractivity contribution is -0.145. The molecule has 0 aliphatic carbocycles. The van der Waals surface area contributed by atoms with Gasteiger partial charge in [-0.05, 0) is 19.8 Å². The van der Waals surface area contributed by atoms with E-state index >= 15 is 0 Å². The molecular weight excluding hydrogens is 218 g/mol. The molecule has 0 aromatic carbocycles. The molecule has 0 spiro atoms. The summed E-state index contributed by atoms with van der Waals surface area (Å²) in [6.07, 6.45) is 3.45. The van der Waals surface area contributed by atoms with E-state index in [-0.39, 0.29) is 11.9 Å². The summed E-state index contributed by atoms with van der Waals surface area (Å²) in [4.78, 5) is 22.0. The van der Waals surface area contributed by atoms with Crippen LogP contribution >= 0.6 is 0 Å². The second-order valence-corrected chi connectivity index (χ2v) is 4.33. The van der Waals surface area contributed by atoms with Crippen molar-refractivity contribution in [3.8, 4) is 0 Å². The summed E-state index contributed by atoms with van der Waals surface area (Å²) < 4.78 is 4.80. The molecule has 1 aliphatic heterocycles. The Morgan fingerprint density at radius 1 is 1.53 bits per heavy atom. The topological polar surface area (TPSA) is 55.3 Å². The van der Waals surface area contributed by atoms with Crippen LogP contribution in [0, 0.1) is 12.8 Å². The number of aryl methyl sites for hydroxylation is 1. The minimum atomic E-state index is -0.125. The van der Waals surface area contributed by atoms with Crippen molar-refractivity contribution < 1.29 is 9.53 Å². The first-order valence-electron chi connectivity index (χ1n) is 5.82. The predicted octanol–water partition coefficient (Wildman–Crippen LogP) is 1.17. The maximum atomic E-state index is 11.5. The van der Waals surface area contributed by atoms with Crippen LogP contribution in [0.15, 0.2) is 12.4 Å². The third-order valence-corrected chi connectivity index (χ3v) is 3.07. The van der Waals surface area contributed by atoms with Crippen molar-refractivity contribution in [2.75, 3.05) is 25.1 Å². The molecule has 2 rings (SSSR count). The second-order valence-electron chi connectivity index (χ2n) is 4.33. The van der Waals surface area contributed by atoms with Crippen LogP contribution in [0.25, 0.3) is 0 Å². The van der Waals surface area contributed by atoms with Crippen LogP contribution in [0.5, 0.6) is 0 Å². The first-order chi connectivity index (χ1) is 8.20. The molecule has 0 saturated carbocycles. The summed E-state index contributed by atoms with van der Waals surface area (Å²) in [6.45, 7) is 3.56. The molecule has 2 heterocycles. The lowest BCUT2D eigenvalue weighted by Gasteiger charge is -2.32. The van der Waals surface area contributed by atoms with Crippen molar-refractivity contribution in [3.05, 3.63) is 18.1 Å². The first kappa shape index (κ1) is 11.8. The third kappa shape index (κ3) is 2.72. The molecular formula is C12H17N3O2. The van der Waals surface area contributed by atoms with E-state index in [2.05, 4.69) is 14.9 Å². The number of piperidine rings is 1. The van der Waals surface area contributed by atoms with Gasteiger partial charge >= 0.3 is 5.97 Å².